The molecule has 0 unspecified atom stereocenters. The Hall–Kier alpha value is -1.80. The minimum Gasteiger partial charge on any atom is -0.379 e. The normalized spacial score (nSPS) is 29.2. The first kappa shape index (κ1) is 20.5. The molecule has 1 saturated carbocycles. The fourth-order valence-corrected chi connectivity index (χ4v) is 5.70. The molecule has 2 fully saturated rings. The summed E-state index contributed by atoms with van der Waals surface area (Å²) in [5, 5.41) is 4.11. The van der Waals surface area contributed by atoms with Crippen LogP contribution in [0.3, 0.4) is 0 Å². The summed E-state index contributed by atoms with van der Waals surface area (Å²) in [6.07, 6.45) is 11.3. The van der Waals surface area contributed by atoms with E-state index >= 15 is 0 Å². The first-order valence-electron chi connectivity index (χ1n) is 10.4. The summed E-state index contributed by atoms with van der Waals surface area (Å²) >= 11 is 1.48. The van der Waals surface area contributed by atoms with Crippen molar-refractivity contribution in [2.24, 2.45) is 24.8 Å². The lowest BCUT2D eigenvalue weighted by atomic mass is 9.77. The van der Waals surface area contributed by atoms with Crippen LogP contribution < -0.4 is 5.32 Å². The third kappa shape index (κ3) is 4.53. The Morgan fingerprint density at radius 2 is 1.97 bits per heavy atom. The summed E-state index contributed by atoms with van der Waals surface area (Å²) in [7, 11) is 3.66. The van der Waals surface area contributed by atoms with Crippen LogP contribution in [0.1, 0.15) is 25.7 Å². The van der Waals surface area contributed by atoms with E-state index in [0.29, 0.717) is 17.6 Å². The Labute approximate surface area is 176 Å². The van der Waals surface area contributed by atoms with Gasteiger partial charge in [0.2, 0.25) is 11.8 Å². The zero-order valence-electron chi connectivity index (χ0n) is 17.1. The number of imidazole rings is 1. The number of allylic oxidation sites excluding steroid dienone is 2. The number of thioether (sulfide) groups is 1. The number of methoxy groups -OCH3 is 1. The molecule has 2 amide bonds. The maximum atomic E-state index is 12.7. The number of rotatable bonds is 6. The fourth-order valence-electron chi connectivity index (χ4n) is 4.87. The average molecular weight is 419 g/mol. The van der Waals surface area contributed by atoms with E-state index in [1.165, 1.54) is 11.8 Å². The molecule has 158 valence electrons. The Balaban J connectivity index is 1.31. The lowest BCUT2D eigenvalue weighted by molar-refractivity contribution is -0.128. The Morgan fingerprint density at radius 3 is 2.62 bits per heavy atom. The number of hydrogen-bond donors (Lipinski definition) is 1. The van der Waals surface area contributed by atoms with Gasteiger partial charge in [-0.15, -0.1) is 0 Å². The molecule has 0 aromatic carbocycles. The van der Waals surface area contributed by atoms with E-state index in [4.69, 9.17) is 4.74 Å². The predicted molar refractivity (Wildman–Crippen MR) is 111 cm³/mol. The van der Waals surface area contributed by atoms with Gasteiger partial charge in [-0.1, -0.05) is 23.9 Å². The number of ether oxygens (including phenoxy) is 1. The fraction of sp³-hybridized carbons (Fsp3) is 0.667. The van der Waals surface area contributed by atoms with Crippen molar-refractivity contribution in [1.29, 1.82) is 0 Å². The van der Waals surface area contributed by atoms with Crippen molar-refractivity contribution >= 4 is 23.6 Å². The molecular formula is C21H30N4O3S. The highest BCUT2D eigenvalue weighted by Gasteiger charge is 2.44. The van der Waals surface area contributed by atoms with E-state index in [1.807, 2.05) is 22.7 Å². The van der Waals surface area contributed by atoms with Crippen LogP contribution in [0.5, 0.6) is 0 Å². The Bertz CT molecular complexity index is 772. The SMILES string of the molecule is CO[C@H]1C[C@@H]2CN(C(=O)CSc3nccn3C)C[C@@H]2C[C@@H]1NC(=O)C1CC=CC1. The van der Waals surface area contributed by atoms with Crippen LogP contribution in [0.2, 0.25) is 0 Å². The van der Waals surface area contributed by atoms with Gasteiger partial charge in [-0.05, 0) is 37.5 Å². The summed E-state index contributed by atoms with van der Waals surface area (Å²) < 4.78 is 7.66. The number of nitrogens with one attached hydrogen (secondary N) is 1. The van der Waals surface area contributed by atoms with Crippen molar-refractivity contribution in [2.75, 3.05) is 26.0 Å². The molecule has 29 heavy (non-hydrogen) atoms. The highest BCUT2D eigenvalue weighted by atomic mass is 32.2. The maximum absolute atomic E-state index is 12.7. The monoisotopic (exact) mass is 418 g/mol. The molecule has 1 saturated heterocycles. The predicted octanol–water partition coefficient (Wildman–Crippen LogP) is 1.85. The number of amides is 2. The van der Waals surface area contributed by atoms with Gasteiger partial charge in [-0.2, -0.15) is 0 Å². The molecule has 1 aromatic rings. The molecule has 4 atom stereocenters. The number of carbonyl (C=O) groups excluding carboxylic acids is 2. The number of carbonyl (C=O) groups is 2. The number of nitrogens with zero attached hydrogens (tertiary/aromatic N) is 3. The van der Waals surface area contributed by atoms with Crippen molar-refractivity contribution in [1.82, 2.24) is 19.8 Å². The summed E-state index contributed by atoms with van der Waals surface area (Å²) in [6, 6.07) is 0.0337. The van der Waals surface area contributed by atoms with Gasteiger partial charge in [0.25, 0.3) is 0 Å². The summed E-state index contributed by atoms with van der Waals surface area (Å²) in [4.78, 5) is 31.6. The lowest BCUT2D eigenvalue weighted by Crippen LogP contribution is -2.51. The van der Waals surface area contributed by atoms with Crippen molar-refractivity contribution < 1.29 is 14.3 Å². The van der Waals surface area contributed by atoms with Crippen LogP contribution in [0.25, 0.3) is 0 Å². The van der Waals surface area contributed by atoms with E-state index in [-0.39, 0.29) is 29.9 Å². The second kappa shape index (κ2) is 8.92. The van der Waals surface area contributed by atoms with Crippen LogP contribution in [-0.4, -0.2) is 64.4 Å². The van der Waals surface area contributed by atoms with Crippen molar-refractivity contribution in [3.05, 3.63) is 24.5 Å². The molecule has 1 aliphatic heterocycles. The van der Waals surface area contributed by atoms with Gasteiger partial charge in [0.05, 0.1) is 17.9 Å². The molecule has 4 rings (SSSR count). The molecule has 0 bridgehead atoms. The van der Waals surface area contributed by atoms with Crippen LogP contribution in [-0.2, 0) is 21.4 Å². The molecule has 0 radical (unpaired) electrons. The van der Waals surface area contributed by atoms with E-state index in [1.54, 1.807) is 13.3 Å². The third-order valence-electron chi connectivity index (χ3n) is 6.58. The maximum Gasteiger partial charge on any atom is 0.233 e. The minimum atomic E-state index is 0.0200. The molecule has 0 spiro atoms. The highest BCUT2D eigenvalue weighted by molar-refractivity contribution is 7.99. The number of likely N-dealkylation sites (tertiary alicyclic amines) is 1. The van der Waals surface area contributed by atoms with E-state index in [9.17, 15) is 9.59 Å². The summed E-state index contributed by atoms with van der Waals surface area (Å²) in [6.45, 7) is 1.57. The topological polar surface area (TPSA) is 76.5 Å². The second-order valence-corrected chi connectivity index (χ2v) is 9.37. The van der Waals surface area contributed by atoms with E-state index < -0.39 is 0 Å². The molecular weight excluding hydrogens is 388 g/mol. The van der Waals surface area contributed by atoms with Crippen LogP contribution in [0.4, 0.5) is 0 Å². The largest absolute Gasteiger partial charge is 0.379 e. The summed E-state index contributed by atoms with van der Waals surface area (Å²) in [5.74, 6) is 1.65. The first-order valence-corrected chi connectivity index (χ1v) is 11.4. The third-order valence-corrected chi connectivity index (χ3v) is 7.62. The molecule has 3 aliphatic rings. The van der Waals surface area contributed by atoms with Gasteiger partial charge in [-0.3, -0.25) is 9.59 Å². The molecule has 2 aliphatic carbocycles. The highest BCUT2D eigenvalue weighted by Crippen LogP contribution is 2.38. The summed E-state index contributed by atoms with van der Waals surface area (Å²) in [5.41, 5.74) is 0. The number of aromatic nitrogens is 2. The lowest BCUT2D eigenvalue weighted by Gasteiger charge is -2.37. The number of aryl methyl sites for hydroxylation is 1. The molecule has 2 heterocycles. The first-order chi connectivity index (χ1) is 14.0. The second-order valence-electron chi connectivity index (χ2n) is 8.43. The van der Waals surface area contributed by atoms with Gasteiger partial charge in [0.15, 0.2) is 5.16 Å². The standard InChI is InChI=1S/C21H30N4O3S/c1-24-8-7-22-21(24)29-13-19(26)25-11-15-9-17(18(28-2)10-16(15)12-25)23-20(27)14-5-3-4-6-14/h3-4,7-8,14-18H,5-6,9-13H2,1-2H3,(H,23,27)/t15-,16+,17-,18-/m0/s1. The van der Waals surface area contributed by atoms with Crippen molar-refractivity contribution in [3.8, 4) is 0 Å². The van der Waals surface area contributed by atoms with Crippen LogP contribution >= 0.6 is 11.8 Å². The van der Waals surface area contributed by atoms with Gasteiger partial charge in [0.1, 0.15) is 0 Å². The average Bonchev–Trinajstić information content (AvgIpc) is 3.46. The molecule has 1 aromatic heterocycles. The quantitative estimate of drug-likeness (QED) is 0.564. The van der Waals surface area contributed by atoms with Gasteiger partial charge >= 0.3 is 0 Å². The zero-order chi connectivity index (χ0) is 20.4. The Morgan fingerprint density at radius 1 is 1.24 bits per heavy atom. The zero-order valence-corrected chi connectivity index (χ0v) is 17.9. The van der Waals surface area contributed by atoms with E-state index in [2.05, 4.69) is 22.5 Å². The van der Waals surface area contributed by atoms with Crippen molar-refractivity contribution in [2.45, 2.75) is 43.0 Å². The molecule has 7 nitrogen and oxygen atoms in total. The molecule has 1 N–H and O–H groups in total. The van der Waals surface area contributed by atoms with Crippen LogP contribution in [0.15, 0.2) is 29.7 Å². The van der Waals surface area contributed by atoms with Gasteiger partial charge < -0.3 is 19.5 Å². The van der Waals surface area contributed by atoms with Gasteiger partial charge in [-0.25, -0.2) is 4.98 Å². The van der Waals surface area contributed by atoms with Gasteiger partial charge in [0, 0.05) is 45.6 Å². The van der Waals surface area contributed by atoms with E-state index in [0.717, 1.165) is 43.9 Å². The minimum absolute atomic E-state index is 0.0200. The van der Waals surface area contributed by atoms with Crippen molar-refractivity contribution in [3.63, 3.8) is 0 Å². The molecule has 8 heteroatoms. The van der Waals surface area contributed by atoms with Crippen LogP contribution in [0, 0.1) is 17.8 Å². The number of fused-ring (bicyclic) bond motifs is 1. The number of hydrogen-bond acceptors (Lipinski definition) is 5. The Kier molecular flexibility index (Phi) is 6.29. The smallest absolute Gasteiger partial charge is 0.233 e.